The predicted octanol–water partition coefficient (Wildman–Crippen LogP) is 4.60. The Morgan fingerprint density at radius 3 is 2.78 bits per heavy atom. The van der Waals surface area contributed by atoms with Crippen LogP contribution in [0.25, 0.3) is 0 Å². The first-order valence-corrected chi connectivity index (χ1v) is 9.55. The lowest BCUT2D eigenvalue weighted by Gasteiger charge is -2.39. The molecule has 1 saturated heterocycles. The van der Waals surface area contributed by atoms with Gasteiger partial charge < -0.3 is 15.0 Å². The fourth-order valence-corrected chi connectivity index (χ4v) is 5.16. The molecule has 0 spiro atoms. The normalized spacial score (nSPS) is 26.4. The largest absolute Gasteiger partial charge is 0.495 e. The number of nitrogens with one attached hydrogen (secondary N) is 1. The van der Waals surface area contributed by atoms with Crippen molar-refractivity contribution in [3.05, 3.63) is 35.0 Å². The Morgan fingerprint density at radius 1 is 1.41 bits per heavy atom. The van der Waals surface area contributed by atoms with E-state index in [0.29, 0.717) is 22.5 Å². The molecule has 0 aromatic heterocycles. The van der Waals surface area contributed by atoms with Crippen molar-refractivity contribution < 1.29 is 9.53 Å². The molecule has 1 N–H and O–H groups in total. The molecule has 6 heteroatoms. The molecule has 2 atom stereocenters. The SMILES string of the molecule is COc1ccc(NC(=O)/C(C#N)=C\N2CC3(C)CC2CC(C)(C)C3)cc1Cl. The molecule has 1 heterocycles. The van der Waals surface area contributed by atoms with Crippen LogP contribution in [0.5, 0.6) is 5.75 Å². The van der Waals surface area contributed by atoms with Crippen LogP contribution in [0.3, 0.4) is 0 Å². The van der Waals surface area contributed by atoms with E-state index in [9.17, 15) is 10.1 Å². The number of fused-ring (bicyclic) bond motifs is 2. The van der Waals surface area contributed by atoms with Gasteiger partial charge in [-0.05, 0) is 48.3 Å². The van der Waals surface area contributed by atoms with Crippen LogP contribution in [-0.4, -0.2) is 30.5 Å². The lowest BCUT2D eigenvalue weighted by Crippen LogP contribution is -2.33. The van der Waals surface area contributed by atoms with Gasteiger partial charge in [-0.1, -0.05) is 32.4 Å². The Kier molecular flexibility index (Phi) is 5.14. The summed E-state index contributed by atoms with van der Waals surface area (Å²) in [5, 5.41) is 12.7. The molecule has 27 heavy (non-hydrogen) atoms. The van der Waals surface area contributed by atoms with E-state index >= 15 is 0 Å². The van der Waals surface area contributed by atoms with Gasteiger partial charge in [-0.15, -0.1) is 0 Å². The Bertz CT molecular complexity index is 827. The number of anilines is 1. The Balaban J connectivity index is 1.76. The van der Waals surface area contributed by atoms with Gasteiger partial charge in [0.2, 0.25) is 0 Å². The number of benzene rings is 1. The van der Waals surface area contributed by atoms with E-state index in [-0.39, 0.29) is 16.4 Å². The first kappa shape index (κ1) is 19.6. The lowest BCUT2D eigenvalue weighted by atomic mass is 9.65. The molecule has 0 radical (unpaired) electrons. The van der Waals surface area contributed by atoms with Gasteiger partial charge in [0.15, 0.2) is 0 Å². The summed E-state index contributed by atoms with van der Waals surface area (Å²) in [7, 11) is 1.53. The molecule has 1 amide bonds. The molecule has 2 unspecified atom stereocenters. The van der Waals surface area contributed by atoms with Gasteiger partial charge >= 0.3 is 0 Å². The van der Waals surface area contributed by atoms with Crippen molar-refractivity contribution in [2.24, 2.45) is 10.8 Å². The molecule has 2 aliphatic rings. The van der Waals surface area contributed by atoms with Gasteiger partial charge in [0.05, 0.1) is 12.1 Å². The average Bonchev–Trinajstić information content (AvgIpc) is 2.80. The highest BCUT2D eigenvalue weighted by Crippen LogP contribution is 2.52. The molecule has 1 aliphatic heterocycles. The van der Waals surface area contributed by atoms with Crippen molar-refractivity contribution in [2.45, 2.75) is 46.1 Å². The highest BCUT2D eigenvalue weighted by atomic mass is 35.5. The number of hydrogen-bond acceptors (Lipinski definition) is 4. The number of ether oxygens (including phenoxy) is 1. The first-order valence-electron chi connectivity index (χ1n) is 9.17. The predicted molar refractivity (Wildman–Crippen MR) is 107 cm³/mol. The zero-order valence-corrected chi connectivity index (χ0v) is 17.1. The van der Waals surface area contributed by atoms with Gasteiger partial charge in [-0.3, -0.25) is 4.79 Å². The maximum Gasteiger partial charge on any atom is 0.267 e. The molecule has 3 rings (SSSR count). The van der Waals surface area contributed by atoms with Crippen molar-refractivity contribution >= 4 is 23.2 Å². The quantitative estimate of drug-likeness (QED) is 0.605. The summed E-state index contributed by atoms with van der Waals surface area (Å²) < 4.78 is 5.11. The standard InChI is InChI=1S/C21H26ClN3O2/c1-20(2)8-16-9-21(3,12-20)13-25(16)11-14(10-23)19(26)24-15-5-6-18(27-4)17(22)7-15/h5-7,11,16H,8-9,12-13H2,1-4H3,(H,24,26)/b14-11-. The second-order valence-electron chi connectivity index (χ2n) is 8.84. The number of nitriles is 1. The van der Waals surface area contributed by atoms with Gasteiger partial charge in [0, 0.05) is 24.5 Å². The number of carbonyl (C=O) groups excluding carboxylic acids is 1. The zero-order chi connectivity index (χ0) is 19.8. The summed E-state index contributed by atoms with van der Waals surface area (Å²) >= 11 is 6.10. The van der Waals surface area contributed by atoms with Crippen LogP contribution in [0, 0.1) is 22.2 Å². The zero-order valence-electron chi connectivity index (χ0n) is 16.3. The third-order valence-corrected chi connectivity index (χ3v) is 5.82. The van der Waals surface area contributed by atoms with E-state index in [1.54, 1.807) is 24.4 Å². The van der Waals surface area contributed by atoms with Crippen molar-refractivity contribution in [3.63, 3.8) is 0 Å². The third kappa shape index (κ3) is 4.22. The van der Waals surface area contributed by atoms with Crippen LogP contribution in [0.15, 0.2) is 30.0 Å². The molecule has 1 aliphatic carbocycles. The van der Waals surface area contributed by atoms with E-state index in [4.69, 9.17) is 16.3 Å². The van der Waals surface area contributed by atoms with E-state index in [1.807, 2.05) is 6.07 Å². The molecule has 1 aromatic carbocycles. The van der Waals surface area contributed by atoms with E-state index in [0.717, 1.165) is 19.4 Å². The summed E-state index contributed by atoms with van der Waals surface area (Å²) in [6, 6.07) is 7.42. The van der Waals surface area contributed by atoms with Crippen LogP contribution in [-0.2, 0) is 4.79 Å². The minimum Gasteiger partial charge on any atom is -0.495 e. The number of methoxy groups -OCH3 is 1. The fourth-order valence-electron chi connectivity index (χ4n) is 4.90. The lowest BCUT2D eigenvalue weighted by molar-refractivity contribution is -0.112. The topological polar surface area (TPSA) is 65.4 Å². The van der Waals surface area contributed by atoms with Gasteiger partial charge in [0.25, 0.3) is 5.91 Å². The summed E-state index contributed by atoms with van der Waals surface area (Å²) in [5.74, 6) is 0.107. The number of carbonyl (C=O) groups is 1. The molecular formula is C21H26ClN3O2. The van der Waals surface area contributed by atoms with Crippen LogP contribution in [0.1, 0.15) is 40.0 Å². The molecule has 1 aromatic rings. The van der Waals surface area contributed by atoms with Crippen molar-refractivity contribution in [2.75, 3.05) is 19.0 Å². The summed E-state index contributed by atoms with van der Waals surface area (Å²) in [5.41, 5.74) is 1.16. The minimum atomic E-state index is -0.426. The smallest absolute Gasteiger partial charge is 0.267 e. The number of nitrogens with zero attached hydrogens (tertiary/aromatic N) is 2. The summed E-state index contributed by atoms with van der Waals surface area (Å²) in [4.78, 5) is 14.8. The average molecular weight is 388 g/mol. The van der Waals surface area contributed by atoms with Crippen molar-refractivity contribution in [1.29, 1.82) is 5.26 Å². The number of halogens is 1. The third-order valence-electron chi connectivity index (χ3n) is 5.52. The highest BCUT2D eigenvalue weighted by Gasteiger charge is 2.48. The molecule has 1 saturated carbocycles. The number of rotatable bonds is 4. The monoisotopic (exact) mass is 387 g/mol. The van der Waals surface area contributed by atoms with Gasteiger partial charge in [-0.25, -0.2) is 0 Å². The Hall–Kier alpha value is -2.19. The Labute approximate surface area is 165 Å². The maximum absolute atomic E-state index is 12.6. The molecule has 144 valence electrons. The highest BCUT2D eigenvalue weighted by molar-refractivity contribution is 6.32. The number of likely N-dealkylation sites (tertiary alicyclic amines) is 1. The molecular weight excluding hydrogens is 362 g/mol. The first-order chi connectivity index (χ1) is 12.6. The maximum atomic E-state index is 12.6. The van der Waals surface area contributed by atoms with Crippen molar-refractivity contribution in [1.82, 2.24) is 4.90 Å². The second kappa shape index (κ2) is 7.09. The van der Waals surface area contributed by atoms with E-state index in [1.165, 1.54) is 13.5 Å². The van der Waals surface area contributed by atoms with Crippen LogP contribution in [0.2, 0.25) is 5.02 Å². The summed E-state index contributed by atoms with van der Waals surface area (Å²) in [6.45, 7) is 7.79. The van der Waals surface area contributed by atoms with E-state index in [2.05, 4.69) is 31.0 Å². The van der Waals surface area contributed by atoms with Crippen molar-refractivity contribution in [3.8, 4) is 11.8 Å². The van der Waals surface area contributed by atoms with Crippen LogP contribution in [0.4, 0.5) is 5.69 Å². The number of amides is 1. The van der Waals surface area contributed by atoms with Crippen LogP contribution >= 0.6 is 11.6 Å². The minimum absolute atomic E-state index is 0.107. The van der Waals surface area contributed by atoms with Gasteiger partial charge in [-0.2, -0.15) is 5.26 Å². The van der Waals surface area contributed by atoms with Gasteiger partial charge in [0.1, 0.15) is 17.4 Å². The molecule has 2 fully saturated rings. The fraction of sp³-hybridized carbons (Fsp3) is 0.524. The molecule has 5 nitrogen and oxygen atoms in total. The Morgan fingerprint density at radius 2 is 2.15 bits per heavy atom. The second-order valence-corrected chi connectivity index (χ2v) is 9.25. The molecule has 2 bridgehead atoms. The number of hydrogen-bond donors (Lipinski definition) is 1. The summed E-state index contributed by atoms with van der Waals surface area (Å²) in [6.07, 6.45) is 5.09. The van der Waals surface area contributed by atoms with Crippen LogP contribution < -0.4 is 10.1 Å². The van der Waals surface area contributed by atoms with E-state index < -0.39 is 5.91 Å².